The summed E-state index contributed by atoms with van der Waals surface area (Å²) in [5.74, 6) is -0.778. The number of halogens is 1. The number of aryl methyl sites for hydroxylation is 2. The van der Waals surface area contributed by atoms with E-state index in [1.54, 1.807) is 12.1 Å². The number of rotatable bonds is 4. The minimum atomic E-state index is -0.362. The molecule has 3 heteroatoms. The minimum Gasteiger partial charge on any atom is -0.370 e. The van der Waals surface area contributed by atoms with Crippen LogP contribution in [0.3, 0.4) is 0 Å². The monoisotopic (exact) mass is 271 g/mol. The van der Waals surface area contributed by atoms with Gasteiger partial charge in [0, 0.05) is 12.3 Å². The average Bonchev–Trinajstić information content (AvgIpc) is 2.37. The predicted molar refractivity (Wildman–Crippen MR) is 78.0 cm³/mol. The molecule has 0 fully saturated rings. The molecular formula is C17H18FNO. The topological polar surface area (TPSA) is 43.1 Å². The Labute approximate surface area is 118 Å². The van der Waals surface area contributed by atoms with Gasteiger partial charge in [-0.15, -0.1) is 0 Å². The molecule has 2 aromatic carbocycles. The predicted octanol–water partition coefficient (Wildman–Crippen LogP) is 3.45. The molecular weight excluding hydrogens is 253 g/mol. The number of hydrogen-bond donors (Lipinski definition) is 1. The number of hydrogen-bond acceptors (Lipinski definition) is 1. The standard InChI is InChI=1S/C17H18FNO/c1-11-3-8-15(12(2)9-11)16(10-17(19)20)13-4-6-14(18)7-5-13/h3-9,16H,10H2,1-2H3,(H2,19,20). The van der Waals surface area contributed by atoms with Gasteiger partial charge in [-0.1, -0.05) is 35.9 Å². The van der Waals surface area contributed by atoms with Gasteiger partial charge in [0.25, 0.3) is 0 Å². The normalized spacial score (nSPS) is 12.2. The molecule has 0 spiro atoms. The lowest BCUT2D eigenvalue weighted by atomic mass is 9.85. The fourth-order valence-corrected chi connectivity index (χ4v) is 2.52. The Kier molecular flexibility index (Phi) is 4.18. The third-order valence-corrected chi connectivity index (χ3v) is 3.48. The van der Waals surface area contributed by atoms with Gasteiger partial charge in [-0.2, -0.15) is 0 Å². The highest BCUT2D eigenvalue weighted by molar-refractivity contribution is 5.75. The fourth-order valence-electron chi connectivity index (χ4n) is 2.52. The van der Waals surface area contributed by atoms with Crippen molar-refractivity contribution < 1.29 is 9.18 Å². The second-order valence-electron chi connectivity index (χ2n) is 5.13. The van der Waals surface area contributed by atoms with Crippen molar-refractivity contribution in [2.75, 3.05) is 0 Å². The molecule has 0 aliphatic carbocycles. The fraction of sp³-hybridized carbons (Fsp3) is 0.235. The van der Waals surface area contributed by atoms with E-state index in [9.17, 15) is 9.18 Å². The molecule has 2 rings (SSSR count). The van der Waals surface area contributed by atoms with Crippen LogP contribution < -0.4 is 5.73 Å². The number of carbonyl (C=O) groups is 1. The molecule has 0 aromatic heterocycles. The van der Waals surface area contributed by atoms with E-state index in [-0.39, 0.29) is 24.1 Å². The molecule has 1 atom stereocenters. The SMILES string of the molecule is Cc1ccc(C(CC(N)=O)c2ccc(F)cc2)c(C)c1. The van der Waals surface area contributed by atoms with Crippen LogP contribution in [-0.4, -0.2) is 5.91 Å². The van der Waals surface area contributed by atoms with Gasteiger partial charge in [-0.3, -0.25) is 4.79 Å². The molecule has 0 saturated heterocycles. The summed E-state index contributed by atoms with van der Waals surface area (Å²) < 4.78 is 13.1. The average molecular weight is 271 g/mol. The lowest BCUT2D eigenvalue weighted by molar-refractivity contribution is -0.118. The quantitative estimate of drug-likeness (QED) is 0.909. The van der Waals surface area contributed by atoms with Crippen LogP contribution in [0.2, 0.25) is 0 Å². The van der Waals surface area contributed by atoms with Crippen molar-refractivity contribution in [3.63, 3.8) is 0 Å². The van der Waals surface area contributed by atoms with Crippen molar-refractivity contribution in [2.24, 2.45) is 5.73 Å². The molecule has 0 aliphatic rings. The van der Waals surface area contributed by atoms with Crippen LogP contribution in [-0.2, 0) is 4.79 Å². The zero-order chi connectivity index (χ0) is 14.7. The second-order valence-corrected chi connectivity index (χ2v) is 5.13. The second kappa shape index (κ2) is 5.87. The van der Waals surface area contributed by atoms with E-state index in [2.05, 4.69) is 6.07 Å². The number of benzene rings is 2. The first kappa shape index (κ1) is 14.3. The number of nitrogens with two attached hydrogens (primary N) is 1. The van der Waals surface area contributed by atoms with E-state index in [1.807, 2.05) is 26.0 Å². The van der Waals surface area contributed by atoms with Gasteiger partial charge in [-0.05, 0) is 42.7 Å². The number of primary amides is 1. The highest BCUT2D eigenvalue weighted by atomic mass is 19.1. The smallest absolute Gasteiger partial charge is 0.218 e. The van der Waals surface area contributed by atoms with Gasteiger partial charge < -0.3 is 5.73 Å². The summed E-state index contributed by atoms with van der Waals surface area (Å²) in [5.41, 5.74) is 9.60. The third-order valence-electron chi connectivity index (χ3n) is 3.48. The first-order valence-electron chi connectivity index (χ1n) is 6.58. The Morgan fingerprint density at radius 3 is 2.35 bits per heavy atom. The summed E-state index contributed by atoms with van der Waals surface area (Å²) in [6.45, 7) is 4.04. The largest absolute Gasteiger partial charge is 0.370 e. The van der Waals surface area contributed by atoms with E-state index in [0.717, 1.165) is 16.7 Å². The Morgan fingerprint density at radius 2 is 1.80 bits per heavy atom. The summed E-state index contributed by atoms with van der Waals surface area (Å²) in [6.07, 6.45) is 0.218. The molecule has 104 valence electrons. The van der Waals surface area contributed by atoms with Crippen LogP contribution >= 0.6 is 0 Å². The molecule has 0 aliphatic heterocycles. The van der Waals surface area contributed by atoms with Gasteiger partial charge in [0.2, 0.25) is 5.91 Å². The molecule has 2 aromatic rings. The Hall–Kier alpha value is -2.16. The zero-order valence-corrected chi connectivity index (χ0v) is 11.7. The molecule has 0 bridgehead atoms. The maximum Gasteiger partial charge on any atom is 0.218 e. The molecule has 2 N–H and O–H groups in total. The lowest BCUT2D eigenvalue weighted by Gasteiger charge is -2.19. The van der Waals surface area contributed by atoms with Crippen LogP contribution in [0.25, 0.3) is 0 Å². The zero-order valence-electron chi connectivity index (χ0n) is 11.7. The molecule has 1 amide bonds. The van der Waals surface area contributed by atoms with Crippen LogP contribution in [0.4, 0.5) is 4.39 Å². The Morgan fingerprint density at radius 1 is 1.15 bits per heavy atom. The summed E-state index contributed by atoms with van der Waals surface area (Å²) in [7, 11) is 0. The van der Waals surface area contributed by atoms with E-state index in [4.69, 9.17) is 5.73 Å². The molecule has 0 radical (unpaired) electrons. The van der Waals surface area contributed by atoms with Gasteiger partial charge in [-0.25, -0.2) is 4.39 Å². The highest BCUT2D eigenvalue weighted by Gasteiger charge is 2.18. The van der Waals surface area contributed by atoms with Crippen molar-refractivity contribution in [3.8, 4) is 0 Å². The molecule has 20 heavy (non-hydrogen) atoms. The van der Waals surface area contributed by atoms with Gasteiger partial charge >= 0.3 is 0 Å². The Balaban J connectivity index is 2.46. The summed E-state index contributed by atoms with van der Waals surface area (Å²) in [5, 5.41) is 0. The van der Waals surface area contributed by atoms with E-state index >= 15 is 0 Å². The minimum absolute atomic E-state index is 0.131. The third kappa shape index (κ3) is 3.23. The number of amides is 1. The number of carbonyl (C=O) groups excluding carboxylic acids is 1. The van der Waals surface area contributed by atoms with Crippen molar-refractivity contribution in [1.29, 1.82) is 0 Å². The van der Waals surface area contributed by atoms with Crippen LogP contribution in [0.5, 0.6) is 0 Å². The van der Waals surface area contributed by atoms with E-state index in [1.165, 1.54) is 17.7 Å². The van der Waals surface area contributed by atoms with E-state index < -0.39 is 0 Å². The first-order valence-corrected chi connectivity index (χ1v) is 6.58. The molecule has 1 unspecified atom stereocenters. The van der Waals surface area contributed by atoms with Gasteiger partial charge in [0.1, 0.15) is 5.82 Å². The van der Waals surface area contributed by atoms with Crippen LogP contribution in [0.15, 0.2) is 42.5 Å². The summed E-state index contributed by atoms with van der Waals surface area (Å²) in [4.78, 5) is 11.3. The molecule has 0 heterocycles. The lowest BCUT2D eigenvalue weighted by Crippen LogP contribution is -2.17. The Bertz CT molecular complexity index is 619. The van der Waals surface area contributed by atoms with Crippen LogP contribution in [0, 0.1) is 19.7 Å². The van der Waals surface area contributed by atoms with Crippen molar-refractivity contribution in [3.05, 3.63) is 70.5 Å². The maximum absolute atomic E-state index is 13.1. The van der Waals surface area contributed by atoms with Crippen molar-refractivity contribution in [2.45, 2.75) is 26.2 Å². The summed E-state index contributed by atoms with van der Waals surface area (Å²) in [6, 6.07) is 12.3. The van der Waals surface area contributed by atoms with Gasteiger partial charge in [0.15, 0.2) is 0 Å². The molecule has 2 nitrogen and oxygen atoms in total. The molecule has 0 saturated carbocycles. The highest BCUT2D eigenvalue weighted by Crippen LogP contribution is 2.30. The van der Waals surface area contributed by atoms with Gasteiger partial charge in [0.05, 0.1) is 0 Å². The van der Waals surface area contributed by atoms with Crippen molar-refractivity contribution in [1.82, 2.24) is 0 Å². The van der Waals surface area contributed by atoms with Crippen LogP contribution in [0.1, 0.15) is 34.6 Å². The van der Waals surface area contributed by atoms with E-state index in [0.29, 0.717) is 0 Å². The first-order chi connectivity index (χ1) is 9.47. The maximum atomic E-state index is 13.1. The summed E-state index contributed by atoms with van der Waals surface area (Å²) >= 11 is 0. The van der Waals surface area contributed by atoms with Crippen molar-refractivity contribution >= 4 is 5.91 Å².